The summed E-state index contributed by atoms with van der Waals surface area (Å²) >= 11 is 0. The lowest BCUT2D eigenvalue weighted by Crippen LogP contribution is -2.45. The smallest absolute Gasteiger partial charge is 0.357 e. The van der Waals surface area contributed by atoms with Crippen LogP contribution in [-0.2, 0) is 19.2 Å². The molecular formula is C14H25NO6. The van der Waals surface area contributed by atoms with Crippen LogP contribution in [0.15, 0.2) is 0 Å². The Bertz CT molecular complexity index is 329. The summed E-state index contributed by atoms with van der Waals surface area (Å²) < 4.78 is 4.73. The lowest BCUT2D eigenvalue weighted by Gasteiger charge is -2.23. The van der Waals surface area contributed by atoms with E-state index in [2.05, 4.69) is 5.48 Å². The van der Waals surface area contributed by atoms with E-state index in [1.807, 2.05) is 6.92 Å². The van der Waals surface area contributed by atoms with Crippen LogP contribution in [-0.4, -0.2) is 47.0 Å². The van der Waals surface area contributed by atoms with Crippen molar-refractivity contribution < 1.29 is 29.4 Å². The number of unbranched alkanes of at least 4 members (excludes halogenated alkanes) is 1. The SMILES string of the molecule is CCCCOC(=O)C(O)C(O)C(=O)ONC1CCCCC1. The maximum atomic E-state index is 11.6. The molecule has 7 nitrogen and oxygen atoms in total. The van der Waals surface area contributed by atoms with Crippen molar-refractivity contribution in [1.29, 1.82) is 0 Å². The first kappa shape index (κ1) is 17.9. The molecule has 1 rings (SSSR count). The Kier molecular flexibility index (Phi) is 8.26. The van der Waals surface area contributed by atoms with Gasteiger partial charge in [-0.15, -0.1) is 5.48 Å². The Morgan fingerprint density at radius 3 is 2.38 bits per heavy atom. The van der Waals surface area contributed by atoms with Gasteiger partial charge in [-0.1, -0.05) is 32.6 Å². The number of carbonyl (C=O) groups is 2. The number of rotatable bonds is 8. The van der Waals surface area contributed by atoms with Crippen LogP contribution in [0.1, 0.15) is 51.9 Å². The molecule has 1 aliphatic rings. The summed E-state index contributed by atoms with van der Waals surface area (Å²) in [6.07, 6.45) is 2.68. The van der Waals surface area contributed by atoms with Gasteiger partial charge in [0.25, 0.3) is 0 Å². The van der Waals surface area contributed by atoms with Crippen LogP contribution < -0.4 is 5.48 Å². The van der Waals surface area contributed by atoms with Gasteiger partial charge in [-0.2, -0.15) is 0 Å². The Balaban J connectivity index is 2.29. The van der Waals surface area contributed by atoms with E-state index in [1.165, 1.54) is 0 Å². The molecule has 7 heteroatoms. The Morgan fingerprint density at radius 2 is 1.76 bits per heavy atom. The number of aliphatic hydroxyl groups excluding tert-OH is 2. The van der Waals surface area contributed by atoms with Crippen molar-refractivity contribution in [3.8, 4) is 0 Å². The number of nitrogens with one attached hydrogen (secondary N) is 1. The van der Waals surface area contributed by atoms with E-state index >= 15 is 0 Å². The maximum Gasteiger partial charge on any atom is 0.357 e. The van der Waals surface area contributed by atoms with Crippen molar-refractivity contribution in [3.05, 3.63) is 0 Å². The molecule has 0 heterocycles. The lowest BCUT2D eigenvalue weighted by atomic mass is 9.96. The second-order valence-electron chi connectivity index (χ2n) is 5.28. The summed E-state index contributed by atoms with van der Waals surface area (Å²) in [6.45, 7) is 2.07. The zero-order chi connectivity index (χ0) is 15.7. The fraction of sp³-hybridized carbons (Fsp3) is 0.857. The van der Waals surface area contributed by atoms with Crippen molar-refractivity contribution in [3.63, 3.8) is 0 Å². The number of hydroxylamine groups is 1. The topological polar surface area (TPSA) is 105 Å². The van der Waals surface area contributed by atoms with Gasteiger partial charge >= 0.3 is 11.9 Å². The van der Waals surface area contributed by atoms with Gasteiger partial charge in [0.15, 0.2) is 12.2 Å². The summed E-state index contributed by atoms with van der Waals surface area (Å²) in [5.74, 6) is -2.11. The highest BCUT2D eigenvalue weighted by Crippen LogP contribution is 2.17. The molecule has 0 bridgehead atoms. The zero-order valence-corrected chi connectivity index (χ0v) is 12.4. The minimum Gasteiger partial charge on any atom is -0.464 e. The fourth-order valence-corrected chi connectivity index (χ4v) is 2.08. The summed E-state index contributed by atoms with van der Waals surface area (Å²) in [7, 11) is 0. The van der Waals surface area contributed by atoms with Gasteiger partial charge in [-0.25, -0.2) is 9.59 Å². The molecule has 0 aliphatic heterocycles. The summed E-state index contributed by atoms with van der Waals surface area (Å²) in [6, 6.07) is 0.0588. The van der Waals surface area contributed by atoms with Gasteiger partial charge in [-0.3, -0.25) is 0 Å². The molecule has 21 heavy (non-hydrogen) atoms. The molecular weight excluding hydrogens is 278 g/mol. The summed E-state index contributed by atoms with van der Waals surface area (Å²) in [4.78, 5) is 27.7. The van der Waals surface area contributed by atoms with Crippen molar-refractivity contribution in [1.82, 2.24) is 5.48 Å². The van der Waals surface area contributed by atoms with E-state index in [1.54, 1.807) is 0 Å². The number of hydrogen-bond acceptors (Lipinski definition) is 7. The molecule has 2 unspecified atom stereocenters. The van der Waals surface area contributed by atoms with Crippen LogP contribution in [0.2, 0.25) is 0 Å². The highest BCUT2D eigenvalue weighted by Gasteiger charge is 2.33. The third-order valence-electron chi connectivity index (χ3n) is 3.46. The van der Waals surface area contributed by atoms with E-state index in [-0.39, 0.29) is 12.6 Å². The molecule has 0 aromatic rings. The molecule has 0 radical (unpaired) electrons. The van der Waals surface area contributed by atoms with Crippen molar-refractivity contribution in [2.45, 2.75) is 70.1 Å². The number of hydrogen-bond donors (Lipinski definition) is 3. The second-order valence-corrected chi connectivity index (χ2v) is 5.28. The number of ether oxygens (including phenoxy) is 1. The van der Waals surface area contributed by atoms with Crippen LogP contribution >= 0.6 is 0 Å². The molecule has 1 fully saturated rings. The third-order valence-corrected chi connectivity index (χ3v) is 3.46. The molecule has 3 N–H and O–H groups in total. The average molecular weight is 303 g/mol. The summed E-state index contributed by atoms with van der Waals surface area (Å²) in [5.41, 5.74) is 2.58. The normalized spacial score (nSPS) is 18.8. The van der Waals surface area contributed by atoms with Crippen LogP contribution in [0.25, 0.3) is 0 Å². The van der Waals surface area contributed by atoms with Crippen molar-refractivity contribution in [2.75, 3.05) is 6.61 Å². The molecule has 122 valence electrons. The van der Waals surface area contributed by atoms with Crippen LogP contribution in [0.4, 0.5) is 0 Å². The highest BCUT2D eigenvalue weighted by molar-refractivity contribution is 5.85. The largest absolute Gasteiger partial charge is 0.464 e. The van der Waals surface area contributed by atoms with E-state index in [9.17, 15) is 19.8 Å². The molecule has 0 aromatic heterocycles. The minimum atomic E-state index is -1.95. The highest BCUT2D eigenvalue weighted by atomic mass is 16.7. The number of carbonyl (C=O) groups excluding carboxylic acids is 2. The van der Waals surface area contributed by atoms with Crippen LogP contribution in [0.3, 0.4) is 0 Å². The molecule has 0 spiro atoms. The third kappa shape index (κ3) is 6.41. The molecule has 0 saturated heterocycles. The minimum absolute atomic E-state index is 0.0588. The van der Waals surface area contributed by atoms with Gasteiger partial charge in [0.2, 0.25) is 0 Å². The monoisotopic (exact) mass is 303 g/mol. The molecule has 1 aliphatic carbocycles. The molecule has 0 amide bonds. The Labute approximate surface area is 124 Å². The number of esters is 1. The molecule has 1 saturated carbocycles. The Hall–Kier alpha value is -1.18. The van der Waals surface area contributed by atoms with Crippen molar-refractivity contribution >= 4 is 11.9 Å². The van der Waals surface area contributed by atoms with Gasteiger partial charge in [0.05, 0.1) is 6.61 Å². The standard InChI is InChI=1S/C14H25NO6/c1-2-3-9-20-13(18)11(16)12(17)14(19)21-15-10-7-5-4-6-8-10/h10-12,15-17H,2-9H2,1H3. The molecule has 0 aromatic carbocycles. The van der Waals surface area contributed by atoms with E-state index in [0.29, 0.717) is 6.42 Å². The van der Waals surface area contributed by atoms with E-state index < -0.39 is 24.1 Å². The van der Waals surface area contributed by atoms with E-state index in [4.69, 9.17) is 9.57 Å². The predicted octanol–water partition coefficient (Wildman–Crippen LogP) is 0.432. The predicted molar refractivity (Wildman–Crippen MR) is 74.0 cm³/mol. The number of aliphatic hydroxyl groups is 2. The first-order chi connectivity index (χ1) is 10.1. The van der Waals surface area contributed by atoms with Gasteiger partial charge in [-0.05, 0) is 19.3 Å². The average Bonchev–Trinajstić information content (AvgIpc) is 2.52. The van der Waals surface area contributed by atoms with Gasteiger partial charge < -0.3 is 19.8 Å². The van der Waals surface area contributed by atoms with Crippen LogP contribution in [0, 0.1) is 0 Å². The van der Waals surface area contributed by atoms with Gasteiger partial charge in [0, 0.05) is 6.04 Å². The lowest BCUT2D eigenvalue weighted by molar-refractivity contribution is -0.179. The van der Waals surface area contributed by atoms with Gasteiger partial charge in [0.1, 0.15) is 0 Å². The second kappa shape index (κ2) is 9.70. The Morgan fingerprint density at radius 1 is 1.14 bits per heavy atom. The zero-order valence-electron chi connectivity index (χ0n) is 12.4. The quantitative estimate of drug-likeness (QED) is 0.339. The maximum absolute atomic E-state index is 11.6. The van der Waals surface area contributed by atoms with Crippen molar-refractivity contribution in [2.24, 2.45) is 0 Å². The van der Waals surface area contributed by atoms with Crippen LogP contribution in [0.5, 0.6) is 0 Å². The summed E-state index contributed by atoms with van der Waals surface area (Å²) in [5, 5.41) is 19.1. The molecule has 2 atom stereocenters. The van der Waals surface area contributed by atoms with E-state index in [0.717, 1.165) is 38.5 Å². The first-order valence-corrected chi connectivity index (χ1v) is 7.55. The first-order valence-electron chi connectivity index (χ1n) is 7.55. The fourth-order valence-electron chi connectivity index (χ4n) is 2.08.